The van der Waals surface area contributed by atoms with E-state index in [-0.39, 0.29) is 24.4 Å². The maximum absolute atomic E-state index is 12.0. The first-order valence-electron chi connectivity index (χ1n) is 7.48. The number of carbonyl (C=O) groups is 1. The van der Waals surface area contributed by atoms with E-state index < -0.39 is 0 Å². The fourth-order valence-electron chi connectivity index (χ4n) is 2.64. The van der Waals surface area contributed by atoms with Gasteiger partial charge in [-0.3, -0.25) is 4.79 Å². The minimum Gasteiger partial charge on any atom is -0.455 e. The Balaban J connectivity index is 1.60. The van der Waals surface area contributed by atoms with Gasteiger partial charge in [-0.05, 0) is 25.0 Å². The lowest BCUT2D eigenvalue weighted by Gasteiger charge is -2.19. The Bertz CT molecular complexity index is 650. The van der Waals surface area contributed by atoms with Crippen molar-refractivity contribution >= 4 is 17.6 Å². The molecule has 1 saturated carbocycles. The van der Waals surface area contributed by atoms with Crippen LogP contribution in [0.5, 0.6) is 0 Å². The predicted octanol–water partition coefficient (Wildman–Crippen LogP) is 4.01. The fourth-order valence-corrected chi connectivity index (χ4v) is 2.86. The normalized spacial score (nSPS) is 15.7. The molecule has 1 aromatic heterocycles. The van der Waals surface area contributed by atoms with Gasteiger partial charge in [0.25, 0.3) is 5.89 Å². The maximum atomic E-state index is 12.0. The number of rotatable bonds is 4. The number of esters is 1. The number of carbonyl (C=O) groups excluding carboxylic acids is 1. The highest BCUT2D eigenvalue weighted by Gasteiger charge is 2.23. The molecule has 0 amide bonds. The van der Waals surface area contributed by atoms with Crippen molar-refractivity contribution in [3.8, 4) is 11.5 Å². The Morgan fingerprint density at radius 2 is 2.00 bits per heavy atom. The van der Waals surface area contributed by atoms with Gasteiger partial charge in [0.05, 0.1) is 16.5 Å². The van der Waals surface area contributed by atoms with Gasteiger partial charge in [0.2, 0.25) is 5.89 Å². The van der Waals surface area contributed by atoms with Crippen molar-refractivity contribution in [1.82, 2.24) is 10.2 Å². The third kappa shape index (κ3) is 3.47. The first-order valence-corrected chi connectivity index (χ1v) is 7.86. The van der Waals surface area contributed by atoms with Crippen molar-refractivity contribution in [3.63, 3.8) is 0 Å². The quantitative estimate of drug-likeness (QED) is 0.796. The first-order chi connectivity index (χ1) is 10.7. The van der Waals surface area contributed by atoms with Gasteiger partial charge in [0.15, 0.2) is 6.61 Å². The van der Waals surface area contributed by atoms with Crippen LogP contribution in [0, 0.1) is 5.92 Å². The van der Waals surface area contributed by atoms with Crippen LogP contribution in [0.15, 0.2) is 28.7 Å². The molecule has 0 aliphatic heterocycles. The summed E-state index contributed by atoms with van der Waals surface area (Å²) in [6, 6.07) is 7.22. The summed E-state index contributed by atoms with van der Waals surface area (Å²) in [5.74, 6) is 0.449. The molecule has 1 aliphatic rings. The van der Waals surface area contributed by atoms with Gasteiger partial charge < -0.3 is 9.15 Å². The molecular weight excluding hydrogens is 304 g/mol. The molecule has 0 bridgehead atoms. The van der Waals surface area contributed by atoms with Gasteiger partial charge in [-0.25, -0.2) is 0 Å². The lowest BCUT2D eigenvalue weighted by Crippen LogP contribution is -2.20. The number of ether oxygens (including phenoxy) is 1. The monoisotopic (exact) mass is 320 g/mol. The van der Waals surface area contributed by atoms with E-state index in [2.05, 4.69) is 10.2 Å². The zero-order chi connectivity index (χ0) is 15.4. The standard InChI is InChI=1S/C16H17ClN2O3/c17-13-9-5-4-8-12(13)15-19-18-14(22-15)10-21-16(20)11-6-2-1-3-7-11/h4-5,8-9,11H,1-3,6-7,10H2. The summed E-state index contributed by atoms with van der Waals surface area (Å²) in [5, 5.41) is 8.38. The van der Waals surface area contributed by atoms with E-state index in [9.17, 15) is 4.79 Å². The first kappa shape index (κ1) is 15.0. The Morgan fingerprint density at radius 3 is 2.77 bits per heavy atom. The van der Waals surface area contributed by atoms with Crippen LogP contribution >= 0.6 is 11.6 Å². The van der Waals surface area contributed by atoms with Crippen molar-refractivity contribution in [3.05, 3.63) is 35.2 Å². The molecule has 0 saturated heterocycles. The van der Waals surface area contributed by atoms with E-state index in [1.54, 1.807) is 12.1 Å². The highest BCUT2D eigenvalue weighted by atomic mass is 35.5. The molecule has 3 rings (SSSR count). The number of halogens is 1. The Hall–Kier alpha value is -1.88. The summed E-state index contributed by atoms with van der Waals surface area (Å²) in [6.07, 6.45) is 5.21. The molecule has 0 spiro atoms. The highest BCUT2D eigenvalue weighted by Crippen LogP contribution is 2.27. The van der Waals surface area contributed by atoms with Crippen molar-refractivity contribution in [1.29, 1.82) is 0 Å². The second kappa shape index (κ2) is 6.92. The number of aromatic nitrogens is 2. The number of benzene rings is 1. The Labute approximate surface area is 133 Å². The van der Waals surface area contributed by atoms with Crippen LogP contribution < -0.4 is 0 Å². The summed E-state index contributed by atoms with van der Waals surface area (Å²) < 4.78 is 10.8. The van der Waals surface area contributed by atoms with Gasteiger partial charge in [0, 0.05) is 0 Å². The lowest BCUT2D eigenvalue weighted by atomic mass is 9.89. The smallest absolute Gasteiger partial charge is 0.309 e. The molecule has 1 heterocycles. The molecule has 22 heavy (non-hydrogen) atoms. The molecule has 0 radical (unpaired) electrons. The summed E-state index contributed by atoms with van der Waals surface area (Å²) in [5.41, 5.74) is 0.668. The second-order valence-electron chi connectivity index (χ2n) is 5.42. The van der Waals surface area contributed by atoms with Crippen LogP contribution in [0.1, 0.15) is 38.0 Å². The van der Waals surface area contributed by atoms with Crippen molar-refractivity contribution in [2.24, 2.45) is 5.92 Å². The molecule has 5 nitrogen and oxygen atoms in total. The molecule has 0 unspecified atom stereocenters. The molecule has 0 N–H and O–H groups in total. The Morgan fingerprint density at radius 1 is 1.23 bits per heavy atom. The summed E-state index contributed by atoms with van der Waals surface area (Å²) in [4.78, 5) is 12.0. The van der Waals surface area contributed by atoms with E-state index in [4.69, 9.17) is 20.8 Å². The van der Waals surface area contributed by atoms with Crippen molar-refractivity contribution in [2.45, 2.75) is 38.7 Å². The van der Waals surface area contributed by atoms with Gasteiger partial charge in [-0.1, -0.05) is 43.0 Å². The molecule has 2 aromatic rings. The van der Waals surface area contributed by atoms with E-state index in [1.807, 2.05) is 12.1 Å². The van der Waals surface area contributed by atoms with Crippen molar-refractivity contribution in [2.75, 3.05) is 0 Å². The van der Waals surface area contributed by atoms with E-state index in [0.29, 0.717) is 16.5 Å². The van der Waals surface area contributed by atoms with Crippen LogP contribution in [0.3, 0.4) is 0 Å². The minimum absolute atomic E-state index is 0.00673. The summed E-state index contributed by atoms with van der Waals surface area (Å²) >= 11 is 6.08. The average molecular weight is 321 g/mol. The van der Waals surface area contributed by atoms with Gasteiger partial charge in [-0.15, -0.1) is 10.2 Å². The third-order valence-electron chi connectivity index (χ3n) is 3.85. The molecule has 1 fully saturated rings. The van der Waals surface area contributed by atoms with Gasteiger partial charge in [0.1, 0.15) is 0 Å². The summed E-state index contributed by atoms with van der Waals surface area (Å²) in [6.45, 7) is 0.00673. The molecule has 6 heteroatoms. The SMILES string of the molecule is O=C(OCc1nnc(-c2ccccc2Cl)o1)C1CCCCC1. The van der Waals surface area contributed by atoms with E-state index in [1.165, 1.54) is 6.42 Å². The Kier molecular flexibility index (Phi) is 4.73. The van der Waals surface area contributed by atoms with Crippen LogP contribution in [0.2, 0.25) is 5.02 Å². The maximum Gasteiger partial charge on any atom is 0.309 e. The van der Waals surface area contributed by atoms with Gasteiger partial charge in [-0.2, -0.15) is 0 Å². The van der Waals surface area contributed by atoms with Crippen LogP contribution in [0.25, 0.3) is 11.5 Å². The van der Waals surface area contributed by atoms with Crippen LogP contribution in [-0.2, 0) is 16.1 Å². The van der Waals surface area contributed by atoms with Crippen molar-refractivity contribution < 1.29 is 13.9 Å². The van der Waals surface area contributed by atoms with E-state index in [0.717, 1.165) is 25.7 Å². The average Bonchev–Trinajstić information content (AvgIpc) is 3.02. The van der Waals surface area contributed by atoms with Gasteiger partial charge >= 0.3 is 5.97 Å². The zero-order valence-electron chi connectivity index (χ0n) is 12.1. The minimum atomic E-state index is -0.169. The van der Waals surface area contributed by atoms with E-state index >= 15 is 0 Å². The predicted molar refractivity (Wildman–Crippen MR) is 81.1 cm³/mol. The topological polar surface area (TPSA) is 65.2 Å². The lowest BCUT2D eigenvalue weighted by molar-refractivity contribution is -0.151. The molecule has 0 atom stereocenters. The zero-order valence-corrected chi connectivity index (χ0v) is 12.9. The number of nitrogens with zero attached hydrogens (tertiary/aromatic N) is 2. The fraction of sp³-hybridized carbons (Fsp3) is 0.438. The largest absolute Gasteiger partial charge is 0.455 e. The molecule has 1 aliphatic carbocycles. The summed E-state index contributed by atoms with van der Waals surface area (Å²) in [7, 11) is 0. The van der Waals surface area contributed by atoms with Crippen LogP contribution in [-0.4, -0.2) is 16.2 Å². The number of hydrogen-bond acceptors (Lipinski definition) is 5. The highest BCUT2D eigenvalue weighted by molar-refractivity contribution is 6.33. The number of hydrogen-bond donors (Lipinski definition) is 0. The molecule has 1 aromatic carbocycles. The van der Waals surface area contributed by atoms with Crippen LogP contribution in [0.4, 0.5) is 0 Å². The molecular formula is C16H17ClN2O3. The third-order valence-corrected chi connectivity index (χ3v) is 4.18. The molecule has 116 valence electrons. The second-order valence-corrected chi connectivity index (χ2v) is 5.83.